The molecule has 2 aliphatic heterocycles. The molecular weight excluding hydrogens is 262 g/mol. The lowest BCUT2D eigenvalue weighted by molar-refractivity contribution is -0.00966. The van der Waals surface area contributed by atoms with Crippen LogP contribution in [-0.4, -0.2) is 49.8 Å². The summed E-state index contributed by atoms with van der Waals surface area (Å²) in [5.41, 5.74) is 4.38. The molecule has 1 aromatic rings. The second-order valence-electron chi connectivity index (χ2n) is 6.64. The van der Waals surface area contributed by atoms with Crippen molar-refractivity contribution in [3.8, 4) is 0 Å². The summed E-state index contributed by atoms with van der Waals surface area (Å²) in [5.74, 6) is 0. The number of rotatable bonds is 5. The van der Waals surface area contributed by atoms with Crippen LogP contribution in [0.15, 0.2) is 18.2 Å². The number of nitrogens with one attached hydrogen (secondary N) is 2. The van der Waals surface area contributed by atoms with Crippen molar-refractivity contribution in [2.75, 3.05) is 44.7 Å². The number of morpholine rings is 1. The highest BCUT2D eigenvalue weighted by Gasteiger charge is 2.27. The van der Waals surface area contributed by atoms with E-state index in [-0.39, 0.29) is 5.54 Å². The minimum Gasteiger partial charge on any atom is -0.384 e. The minimum atomic E-state index is 0.176. The predicted octanol–water partition coefficient (Wildman–Crippen LogP) is 1.85. The van der Waals surface area contributed by atoms with Gasteiger partial charge in [0, 0.05) is 44.0 Å². The first kappa shape index (κ1) is 14.8. The smallest absolute Gasteiger partial charge is 0.0594 e. The monoisotopic (exact) mass is 289 g/mol. The van der Waals surface area contributed by atoms with Crippen LogP contribution >= 0.6 is 0 Å². The maximum Gasteiger partial charge on any atom is 0.0594 e. The van der Waals surface area contributed by atoms with E-state index in [0.717, 1.165) is 52.4 Å². The van der Waals surface area contributed by atoms with Crippen LogP contribution in [-0.2, 0) is 17.7 Å². The normalized spacial score (nSPS) is 19.3. The zero-order chi connectivity index (χ0) is 14.7. The van der Waals surface area contributed by atoms with Crippen molar-refractivity contribution in [2.45, 2.75) is 32.4 Å². The van der Waals surface area contributed by atoms with Crippen LogP contribution in [0.1, 0.15) is 25.0 Å². The van der Waals surface area contributed by atoms with E-state index in [2.05, 4.69) is 47.6 Å². The van der Waals surface area contributed by atoms with Crippen molar-refractivity contribution in [1.29, 1.82) is 0 Å². The van der Waals surface area contributed by atoms with E-state index in [0.29, 0.717) is 0 Å². The first-order valence-corrected chi connectivity index (χ1v) is 8.05. The van der Waals surface area contributed by atoms with E-state index in [1.54, 1.807) is 0 Å². The van der Waals surface area contributed by atoms with Crippen LogP contribution in [0.4, 0.5) is 5.69 Å². The molecule has 116 valence electrons. The van der Waals surface area contributed by atoms with Crippen molar-refractivity contribution in [3.63, 3.8) is 0 Å². The molecule has 0 amide bonds. The summed E-state index contributed by atoms with van der Waals surface area (Å²) in [5, 5.41) is 7.16. The highest BCUT2D eigenvalue weighted by molar-refractivity contribution is 5.61. The maximum atomic E-state index is 5.45. The van der Waals surface area contributed by atoms with E-state index in [1.165, 1.54) is 16.8 Å². The van der Waals surface area contributed by atoms with Gasteiger partial charge in [0.15, 0.2) is 0 Å². The van der Waals surface area contributed by atoms with Gasteiger partial charge in [0.25, 0.3) is 0 Å². The van der Waals surface area contributed by atoms with Gasteiger partial charge in [0.2, 0.25) is 0 Å². The van der Waals surface area contributed by atoms with E-state index >= 15 is 0 Å². The van der Waals surface area contributed by atoms with Gasteiger partial charge < -0.3 is 15.4 Å². The Morgan fingerprint density at radius 3 is 2.90 bits per heavy atom. The van der Waals surface area contributed by atoms with E-state index in [9.17, 15) is 0 Å². The van der Waals surface area contributed by atoms with Crippen molar-refractivity contribution < 1.29 is 4.74 Å². The van der Waals surface area contributed by atoms with Gasteiger partial charge in [-0.25, -0.2) is 0 Å². The summed E-state index contributed by atoms with van der Waals surface area (Å²) in [7, 11) is 0. The standard InChI is InChI=1S/C17H27N3O/c1-17(2,20-8-10-21-11-9-20)13-18-12-15-5-3-4-14-6-7-19-16(14)15/h3-5,18-19H,6-13H2,1-2H3. The number of hydrogen-bond acceptors (Lipinski definition) is 4. The number of para-hydroxylation sites is 1. The molecule has 1 saturated heterocycles. The van der Waals surface area contributed by atoms with Gasteiger partial charge in [-0.2, -0.15) is 0 Å². The third-order valence-corrected chi connectivity index (χ3v) is 4.67. The van der Waals surface area contributed by atoms with Gasteiger partial charge in [0.05, 0.1) is 13.2 Å². The van der Waals surface area contributed by atoms with E-state index in [1.807, 2.05) is 0 Å². The maximum absolute atomic E-state index is 5.45. The molecular formula is C17H27N3O. The molecule has 1 fully saturated rings. The number of benzene rings is 1. The SMILES string of the molecule is CC(C)(CNCc1cccc2c1NCC2)N1CCOCC1. The van der Waals surface area contributed by atoms with Gasteiger partial charge in [-0.1, -0.05) is 18.2 Å². The van der Waals surface area contributed by atoms with Crippen molar-refractivity contribution in [2.24, 2.45) is 0 Å². The van der Waals surface area contributed by atoms with Crippen LogP contribution in [0.2, 0.25) is 0 Å². The van der Waals surface area contributed by atoms with Gasteiger partial charge in [-0.3, -0.25) is 4.90 Å². The Labute approximate surface area is 127 Å². The number of anilines is 1. The molecule has 2 heterocycles. The molecule has 4 heteroatoms. The number of hydrogen-bond donors (Lipinski definition) is 2. The largest absolute Gasteiger partial charge is 0.384 e. The molecule has 2 aliphatic rings. The Morgan fingerprint density at radius 2 is 2.10 bits per heavy atom. The predicted molar refractivity (Wildman–Crippen MR) is 86.8 cm³/mol. The molecule has 0 bridgehead atoms. The molecule has 1 aromatic carbocycles. The third kappa shape index (κ3) is 3.39. The summed E-state index contributed by atoms with van der Waals surface area (Å²) in [4.78, 5) is 2.52. The van der Waals surface area contributed by atoms with Gasteiger partial charge >= 0.3 is 0 Å². The van der Waals surface area contributed by atoms with Crippen LogP contribution in [0.3, 0.4) is 0 Å². The summed E-state index contributed by atoms with van der Waals surface area (Å²) >= 11 is 0. The fraction of sp³-hybridized carbons (Fsp3) is 0.647. The molecule has 2 N–H and O–H groups in total. The molecule has 0 aliphatic carbocycles. The van der Waals surface area contributed by atoms with Crippen LogP contribution in [0, 0.1) is 0 Å². The number of nitrogens with zero attached hydrogens (tertiary/aromatic N) is 1. The lowest BCUT2D eigenvalue weighted by Crippen LogP contribution is -2.54. The first-order valence-electron chi connectivity index (χ1n) is 8.05. The van der Waals surface area contributed by atoms with Gasteiger partial charge in [-0.05, 0) is 31.4 Å². The van der Waals surface area contributed by atoms with Crippen LogP contribution < -0.4 is 10.6 Å². The zero-order valence-electron chi connectivity index (χ0n) is 13.2. The Morgan fingerprint density at radius 1 is 1.29 bits per heavy atom. The second-order valence-corrected chi connectivity index (χ2v) is 6.64. The average Bonchev–Trinajstić information content (AvgIpc) is 2.97. The summed E-state index contributed by atoms with van der Waals surface area (Å²) in [6, 6.07) is 6.64. The fourth-order valence-electron chi connectivity index (χ4n) is 3.34. The number of fused-ring (bicyclic) bond motifs is 1. The Balaban J connectivity index is 1.55. The van der Waals surface area contributed by atoms with Gasteiger partial charge in [-0.15, -0.1) is 0 Å². The molecule has 21 heavy (non-hydrogen) atoms. The second kappa shape index (κ2) is 6.34. The van der Waals surface area contributed by atoms with E-state index in [4.69, 9.17) is 4.74 Å². The summed E-state index contributed by atoms with van der Waals surface area (Å²) < 4.78 is 5.45. The molecule has 3 rings (SSSR count). The molecule has 0 saturated carbocycles. The average molecular weight is 289 g/mol. The number of ether oxygens (including phenoxy) is 1. The molecule has 4 nitrogen and oxygen atoms in total. The minimum absolute atomic E-state index is 0.176. The molecule has 0 unspecified atom stereocenters. The van der Waals surface area contributed by atoms with Gasteiger partial charge in [0.1, 0.15) is 0 Å². The Kier molecular flexibility index (Phi) is 4.48. The van der Waals surface area contributed by atoms with E-state index < -0.39 is 0 Å². The lowest BCUT2D eigenvalue weighted by Gasteiger charge is -2.41. The summed E-state index contributed by atoms with van der Waals surface area (Å²) in [6.45, 7) is 11.4. The van der Waals surface area contributed by atoms with Crippen LogP contribution in [0.5, 0.6) is 0 Å². The highest BCUT2D eigenvalue weighted by Crippen LogP contribution is 2.26. The van der Waals surface area contributed by atoms with Crippen LogP contribution in [0.25, 0.3) is 0 Å². The first-order chi connectivity index (χ1) is 10.2. The Hall–Kier alpha value is -1.10. The molecule has 0 radical (unpaired) electrons. The topological polar surface area (TPSA) is 36.5 Å². The molecule has 0 atom stereocenters. The molecule has 0 aromatic heterocycles. The lowest BCUT2D eigenvalue weighted by atomic mass is 10.0. The molecule has 0 spiro atoms. The van der Waals surface area contributed by atoms with Crippen molar-refractivity contribution in [3.05, 3.63) is 29.3 Å². The quantitative estimate of drug-likeness (QED) is 0.867. The van der Waals surface area contributed by atoms with Crippen molar-refractivity contribution >= 4 is 5.69 Å². The Bertz CT molecular complexity index is 481. The fourth-order valence-corrected chi connectivity index (χ4v) is 3.34. The third-order valence-electron chi connectivity index (χ3n) is 4.67. The highest BCUT2D eigenvalue weighted by atomic mass is 16.5. The zero-order valence-corrected chi connectivity index (χ0v) is 13.2. The summed E-state index contributed by atoms with van der Waals surface area (Å²) in [6.07, 6.45) is 1.16. The van der Waals surface area contributed by atoms with Crippen molar-refractivity contribution in [1.82, 2.24) is 10.2 Å².